The van der Waals surface area contributed by atoms with Crippen LogP contribution in [0.1, 0.15) is 48.4 Å². The summed E-state index contributed by atoms with van der Waals surface area (Å²) >= 11 is 0. The number of hydrogen-bond donors (Lipinski definition) is 1. The molecule has 1 heterocycles. The number of carbonyl (C=O) groups is 1. The molecule has 0 aliphatic heterocycles. The van der Waals surface area contributed by atoms with E-state index in [1.807, 2.05) is 12.3 Å². The van der Waals surface area contributed by atoms with Crippen LogP contribution in [0.15, 0.2) is 54.9 Å². The number of nitrogens with zero attached hydrogens (tertiary/aromatic N) is 1. The maximum atomic E-state index is 10.9. The molecule has 0 saturated carbocycles. The standard InChI is InChI=1S/C22H23NO2/c1-15(2)19-9-7-17(20-5-3-4-6-21(19)20)13-18-14-23-12-11-16(18)8-10-22(24)25/h3-7,9,11-12,14-15H,8,10,13H2,1-2H3,(H,24,25). The molecule has 0 aliphatic carbocycles. The summed E-state index contributed by atoms with van der Waals surface area (Å²) < 4.78 is 0. The van der Waals surface area contributed by atoms with Crippen molar-refractivity contribution >= 4 is 16.7 Å². The molecule has 25 heavy (non-hydrogen) atoms. The van der Waals surface area contributed by atoms with Gasteiger partial charge in [-0.1, -0.05) is 50.2 Å². The van der Waals surface area contributed by atoms with E-state index in [1.54, 1.807) is 6.20 Å². The summed E-state index contributed by atoms with van der Waals surface area (Å²) in [7, 11) is 0. The SMILES string of the molecule is CC(C)c1ccc(Cc2cnccc2CCC(=O)O)c2ccccc12. The zero-order valence-electron chi connectivity index (χ0n) is 14.7. The summed E-state index contributed by atoms with van der Waals surface area (Å²) in [6, 6.07) is 14.9. The van der Waals surface area contributed by atoms with Gasteiger partial charge < -0.3 is 5.11 Å². The molecule has 128 valence electrons. The second-order valence-electron chi connectivity index (χ2n) is 6.73. The second-order valence-corrected chi connectivity index (χ2v) is 6.73. The molecule has 0 radical (unpaired) electrons. The minimum absolute atomic E-state index is 0.143. The fourth-order valence-corrected chi connectivity index (χ4v) is 3.35. The van der Waals surface area contributed by atoms with Gasteiger partial charge in [0.2, 0.25) is 0 Å². The van der Waals surface area contributed by atoms with E-state index in [9.17, 15) is 4.79 Å². The van der Waals surface area contributed by atoms with E-state index in [0.717, 1.165) is 17.5 Å². The van der Waals surface area contributed by atoms with E-state index in [1.165, 1.54) is 21.9 Å². The fraction of sp³-hybridized carbons (Fsp3) is 0.273. The highest BCUT2D eigenvalue weighted by atomic mass is 16.4. The topological polar surface area (TPSA) is 50.2 Å². The van der Waals surface area contributed by atoms with E-state index in [2.05, 4.69) is 55.2 Å². The molecule has 0 saturated heterocycles. The number of hydrogen-bond acceptors (Lipinski definition) is 2. The molecule has 1 aromatic heterocycles. The van der Waals surface area contributed by atoms with E-state index in [-0.39, 0.29) is 6.42 Å². The lowest BCUT2D eigenvalue weighted by Crippen LogP contribution is -2.02. The van der Waals surface area contributed by atoms with Gasteiger partial charge in [-0.2, -0.15) is 0 Å². The summed E-state index contributed by atoms with van der Waals surface area (Å²) in [5.41, 5.74) is 4.78. The van der Waals surface area contributed by atoms with Crippen LogP contribution in [0.3, 0.4) is 0 Å². The zero-order chi connectivity index (χ0) is 17.8. The molecule has 0 fully saturated rings. The third-order valence-electron chi connectivity index (χ3n) is 4.66. The summed E-state index contributed by atoms with van der Waals surface area (Å²) in [5.74, 6) is -0.294. The van der Waals surface area contributed by atoms with Crippen molar-refractivity contribution in [1.82, 2.24) is 4.98 Å². The van der Waals surface area contributed by atoms with E-state index >= 15 is 0 Å². The van der Waals surface area contributed by atoms with Gasteiger partial charge in [-0.05, 0) is 57.9 Å². The predicted octanol–water partition coefficient (Wildman–Crippen LogP) is 4.97. The Labute approximate surface area is 148 Å². The van der Waals surface area contributed by atoms with Crippen molar-refractivity contribution in [3.05, 3.63) is 77.1 Å². The molecule has 0 unspecified atom stereocenters. The molecule has 3 rings (SSSR count). The van der Waals surface area contributed by atoms with Crippen molar-refractivity contribution in [2.45, 2.75) is 39.0 Å². The van der Waals surface area contributed by atoms with E-state index in [0.29, 0.717) is 12.3 Å². The minimum Gasteiger partial charge on any atom is -0.481 e. The van der Waals surface area contributed by atoms with Gasteiger partial charge in [0, 0.05) is 18.8 Å². The Kier molecular flexibility index (Phi) is 5.13. The number of rotatable bonds is 6. The van der Waals surface area contributed by atoms with Crippen LogP contribution in [0, 0.1) is 0 Å². The number of benzene rings is 2. The largest absolute Gasteiger partial charge is 0.481 e. The van der Waals surface area contributed by atoms with Crippen molar-refractivity contribution in [2.24, 2.45) is 0 Å². The monoisotopic (exact) mass is 333 g/mol. The van der Waals surface area contributed by atoms with Gasteiger partial charge in [0.15, 0.2) is 0 Å². The minimum atomic E-state index is -0.769. The third kappa shape index (κ3) is 3.87. The Balaban J connectivity index is 1.99. The maximum Gasteiger partial charge on any atom is 0.303 e. The van der Waals surface area contributed by atoms with Crippen molar-refractivity contribution in [2.75, 3.05) is 0 Å². The average Bonchev–Trinajstić information content (AvgIpc) is 2.61. The van der Waals surface area contributed by atoms with Crippen molar-refractivity contribution in [3.8, 4) is 0 Å². The zero-order valence-corrected chi connectivity index (χ0v) is 14.7. The molecular weight excluding hydrogens is 310 g/mol. The van der Waals surface area contributed by atoms with Gasteiger partial charge in [0.25, 0.3) is 0 Å². The van der Waals surface area contributed by atoms with Crippen LogP contribution in [0.4, 0.5) is 0 Å². The number of aliphatic carboxylic acids is 1. The van der Waals surface area contributed by atoms with Crippen LogP contribution >= 0.6 is 0 Å². The highest BCUT2D eigenvalue weighted by Gasteiger charge is 2.11. The molecule has 2 aromatic carbocycles. The molecule has 1 N–H and O–H groups in total. The first-order valence-corrected chi connectivity index (χ1v) is 8.70. The normalized spacial score (nSPS) is 11.2. The maximum absolute atomic E-state index is 10.9. The van der Waals surface area contributed by atoms with Crippen molar-refractivity contribution in [1.29, 1.82) is 0 Å². The highest BCUT2D eigenvalue weighted by molar-refractivity contribution is 5.89. The van der Waals surface area contributed by atoms with Crippen LogP contribution in [0.2, 0.25) is 0 Å². The van der Waals surface area contributed by atoms with E-state index < -0.39 is 5.97 Å². The number of carboxylic acids is 1. The number of fused-ring (bicyclic) bond motifs is 1. The van der Waals surface area contributed by atoms with Crippen LogP contribution in [-0.2, 0) is 17.6 Å². The number of pyridine rings is 1. The highest BCUT2D eigenvalue weighted by Crippen LogP contribution is 2.29. The Morgan fingerprint density at radius 2 is 1.76 bits per heavy atom. The Morgan fingerprint density at radius 1 is 1.00 bits per heavy atom. The van der Waals surface area contributed by atoms with Gasteiger partial charge in [0.1, 0.15) is 0 Å². The smallest absolute Gasteiger partial charge is 0.303 e. The average molecular weight is 333 g/mol. The molecule has 0 aliphatic rings. The molecule has 0 spiro atoms. The number of aryl methyl sites for hydroxylation is 1. The van der Waals surface area contributed by atoms with Gasteiger partial charge in [0.05, 0.1) is 0 Å². The first-order valence-electron chi connectivity index (χ1n) is 8.70. The molecular formula is C22H23NO2. The molecule has 3 aromatic rings. The van der Waals surface area contributed by atoms with Gasteiger partial charge in [-0.3, -0.25) is 9.78 Å². The quantitative estimate of drug-likeness (QED) is 0.693. The summed E-state index contributed by atoms with van der Waals surface area (Å²) in [6.45, 7) is 4.43. The summed E-state index contributed by atoms with van der Waals surface area (Å²) in [5, 5.41) is 11.5. The number of carboxylic acid groups (broad SMARTS) is 1. The van der Waals surface area contributed by atoms with Crippen LogP contribution in [0.5, 0.6) is 0 Å². The Morgan fingerprint density at radius 3 is 2.48 bits per heavy atom. The van der Waals surface area contributed by atoms with Crippen LogP contribution < -0.4 is 0 Å². The Hall–Kier alpha value is -2.68. The predicted molar refractivity (Wildman–Crippen MR) is 101 cm³/mol. The summed E-state index contributed by atoms with van der Waals surface area (Å²) in [4.78, 5) is 15.1. The van der Waals surface area contributed by atoms with Crippen molar-refractivity contribution < 1.29 is 9.90 Å². The van der Waals surface area contributed by atoms with Gasteiger partial charge in [-0.25, -0.2) is 0 Å². The Bertz CT molecular complexity index is 899. The summed E-state index contributed by atoms with van der Waals surface area (Å²) in [6.07, 6.45) is 5.05. The molecule has 0 amide bonds. The molecule has 0 atom stereocenters. The molecule has 3 nitrogen and oxygen atoms in total. The first kappa shape index (κ1) is 17.2. The number of aromatic nitrogens is 1. The molecule has 0 bridgehead atoms. The lowest BCUT2D eigenvalue weighted by molar-refractivity contribution is -0.136. The lowest BCUT2D eigenvalue weighted by Gasteiger charge is -2.15. The lowest BCUT2D eigenvalue weighted by atomic mass is 9.90. The second kappa shape index (κ2) is 7.47. The first-order chi connectivity index (χ1) is 12.1. The van der Waals surface area contributed by atoms with Crippen molar-refractivity contribution in [3.63, 3.8) is 0 Å². The van der Waals surface area contributed by atoms with Gasteiger partial charge >= 0.3 is 5.97 Å². The van der Waals surface area contributed by atoms with E-state index in [4.69, 9.17) is 5.11 Å². The fourth-order valence-electron chi connectivity index (χ4n) is 3.35. The third-order valence-corrected chi connectivity index (χ3v) is 4.66. The van der Waals surface area contributed by atoms with Crippen LogP contribution in [0.25, 0.3) is 10.8 Å². The van der Waals surface area contributed by atoms with Gasteiger partial charge in [-0.15, -0.1) is 0 Å². The molecule has 3 heteroatoms. The van der Waals surface area contributed by atoms with Crippen LogP contribution in [-0.4, -0.2) is 16.1 Å².